The lowest BCUT2D eigenvalue weighted by Crippen LogP contribution is -2.25. The molecule has 0 amide bonds. The monoisotopic (exact) mass is 485 g/mol. The quantitative estimate of drug-likeness (QED) is 0.156. The Morgan fingerprint density at radius 1 is 0.917 bits per heavy atom. The molecular formula is C31H35NO4. The third-order valence-corrected chi connectivity index (χ3v) is 6.20. The van der Waals surface area contributed by atoms with E-state index in [0.717, 1.165) is 37.0 Å². The second-order valence-corrected chi connectivity index (χ2v) is 9.05. The minimum absolute atomic E-state index is 0.0528. The number of carbonyl (C=O) groups is 1. The van der Waals surface area contributed by atoms with E-state index in [1.54, 1.807) is 6.07 Å². The number of carbonyl (C=O) groups excluding carboxylic acids is 1. The molecule has 188 valence electrons. The predicted molar refractivity (Wildman–Crippen MR) is 145 cm³/mol. The Hall–Kier alpha value is -3.57. The number of furan rings is 1. The summed E-state index contributed by atoms with van der Waals surface area (Å²) in [6, 6.07) is 22.8. The van der Waals surface area contributed by atoms with Crippen molar-refractivity contribution in [3.63, 3.8) is 0 Å². The highest BCUT2D eigenvalue weighted by molar-refractivity contribution is 6.19. The molecule has 0 saturated carbocycles. The highest BCUT2D eigenvalue weighted by Crippen LogP contribution is 2.37. The summed E-state index contributed by atoms with van der Waals surface area (Å²) < 4.78 is 18.3. The van der Waals surface area contributed by atoms with E-state index in [4.69, 9.17) is 13.9 Å². The smallest absolute Gasteiger partial charge is 0.197 e. The van der Waals surface area contributed by atoms with Crippen LogP contribution in [0.4, 0.5) is 0 Å². The number of hydrogen-bond acceptors (Lipinski definition) is 5. The number of nitrogens with zero attached hydrogens (tertiary/aromatic N) is 1. The fourth-order valence-electron chi connectivity index (χ4n) is 4.33. The Labute approximate surface area is 213 Å². The van der Waals surface area contributed by atoms with Gasteiger partial charge in [0, 0.05) is 23.1 Å². The number of ether oxygens (including phenoxy) is 2. The maximum atomic E-state index is 13.9. The highest BCUT2D eigenvalue weighted by Gasteiger charge is 2.24. The summed E-state index contributed by atoms with van der Waals surface area (Å²) in [6.07, 6.45) is 0.869. The zero-order chi connectivity index (χ0) is 25.5. The van der Waals surface area contributed by atoms with Gasteiger partial charge in [-0.05, 0) is 57.6 Å². The zero-order valence-corrected chi connectivity index (χ0v) is 21.6. The van der Waals surface area contributed by atoms with Gasteiger partial charge in [0.2, 0.25) is 0 Å². The molecule has 0 bridgehead atoms. The standard InChI is InChI=1S/C31H35NO4/c1-5-32(6-2)19-12-20-34-27-18-17-24(21-28(27)35-22(3)4)30(33)29-25-15-10-11-16-26(25)36-31(29)23-13-8-7-9-14-23/h7-11,13-18,21-22H,5-6,12,19-20H2,1-4H3. The van der Waals surface area contributed by atoms with Gasteiger partial charge in [-0.1, -0.05) is 62.4 Å². The highest BCUT2D eigenvalue weighted by atomic mass is 16.5. The molecule has 5 nitrogen and oxygen atoms in total. The molecule has 5 heteroatoms. The van der Waals surface area contributed by atoms with E-state index < -0.39 is 0 Å². The number of benzene rings is 3. The topological polar surface area (TPSA) is 51.9 Å². The molecular weight excluding hydrogens is 450 g/mol. The van der Waals surface area contributed by atoms with Crippen LogP contribution in [0.2, 0.25) is 0 Å². The Kier molecular flexibility index (Phi) is 8.44. The van der Waals surface area contributed by atoms with Gasteiger partial charge in [0.05, 0.1) is 18.3 Å². The van der Waals surface area contributed by atoms with E-state index in [9.17, 15) is 4.79 Å². The van der Waals surface area contributed by atoms with Crippen molar-refractivity contribution in [2.75, 3.05) is 26.2 Å². The lowest BCUT2D eigenvalue weighted by molar-refractivity contribution is 0.103. The first-order valence-corrected chi connectivity index (χ1v) is 12.8. The minimum Gasteiger partial charge on any atom is -0.490 e. The van der Waals surface area contributed by atoms with E-state index in [0.29, 0.717) is 40.6 Å². The maximum absolute atomic E-state index is 13.9. The average molecular weight is 486 g/mol. The van der Waals surface area contributed by atoms with Crippen LogP contribution in [0.1, 0.15) is 50.0 Å². The molecule has 0 radical (unpaired) electrons. The van der Waals surface area contributed by atoms with E-state index in [1.165, 1.54) is 0 Å². The molecule has 0 saturated heterocycles. The average Bonchev–Trinajstić information content (AvgIpc) is 3.29. The molecule has 0 aliphatic heterocycles. The van der Waals surface area contributed by atoms with Gasteiger partial charge in [-0.25, -0.2) is 0 Å². The van der Waals surface area contributed by atoms with Gasteiger partial charge in [0.1, 0.15) is 11.3 Å². The van der Waals surface area contributed by atoms with Crippen LogP contribution in [0.15, 0.2) is 77.2 Å². The predicted octanol–water partition coefficient (Wildman–Crippen LogP) is 7.23. The van der Waals surface area contributed by atoms with Crippen molar-refractivity contribution in [1.82, 2.24) is 4.90 Å². The van der Waals surface area contributed by atoms with Crippen molar-refractivity contribution >= 4 is 16.8 Å². The fourth-order valence-corrected chi connectivity index (χ4v) is 4.33. The molecule has 0 unspecified atom stereocenters. The van der Waals surface area contributed by atoms with Gasteiger partial charge in [-0.15, -0.1) is 0 Å². The van der Waals surface area contributed by atoms with Gasteiger partial charge in [-0.2, -0.15) is 0 Å². The molecule has 4 aromatic rings. The first-order valence-electron chi connectivity index (χ1n) is 12.8. The molecule has 1 heterocycles. The number of rotatable bonds is 12. The fraction of sp³-hybridized carbons (Fsp3) is 0.323. The number of fused-ring (bicyclic) bond motifs is 1. The first kappa shape index (κ1) is 25.5. The summed E-state index contributed by atoms with van der Waals surface area (Å²) in [4.78, 5) is 16.3. The summed E-state index contributed by atoms with van der Waals surface area (Å²) in [5.41, 5.74) is 2.64. The third-order valence-electron chi connectivity index (χ3n) is 6.20. The van der Waals surface area contributed by atoms with Crippen molar-refractivity contribution < 1.29 is 18.7 Å². The molecule has 0 N–H and O–H groups in total. The zero-order valence-electron chi connectivity index (χ0n) is 21.6. The van der Waals surface area contributed by atoms with E-state index in [-0.39, 0.29) is 11.9 Å². The molecule has 0 fully saturated rings. The molecule has 0 spiro atoms. The largest absolute Gasteiger partial charge is 0.490 e. The Morgan fingerprint density at radius 3 is 2.36 bits per heavy atom. The maximum Gasteiger partial charge on any atom is 0.197 e. The van der Waals surface area contributed by atoms with Crippen molar-refractivity contribution in [3.05, 3.63) is 83.9 Å². The van der Waals surface area contributed by atoms with Crippen LogP contribution < -0.4 is 9.47 Å². The lowest BCUT2D eigenvalue weighted by atomic mass is 9.97. The molecule has 0 aliphatic carbocycles. The van der Waals surface area contributed by atoms with Crippen molar-refractivity contribution in [3.8, 4) is 22.8 Å². The van der Waals surface area contributed by atoms with Crippen molar-refractivity contribution in [2.24, 2.45) is 0 Å². The van der Waals surface area contributed by atoms with Crippen LogP contribution in [0, 0.1) is 0 Å². The van der Waals surface area contributed by atoms with Gasteiger partial charge in [-0.3, -0.25) is 4.79 Å². The molecule has 36 heavy (non-hydrogen) atoms. The Balaban J connectivity index is 1.65. The van der Waals surface area contributed by atoms with E-state index in [1.807, 2.05) is 80.6 Å². The second-order valence-electron chi connectivity index (χ2n) is 9.05. The van der Waals surface area contributed by atoms with Gasteiger partial charge >= 0.3 is 0 Å². The van der Waals surface area contributed by atoms with Gasteiger partial charge in [0.15, 0.2) is 17.3 Å². The Bertz CT molecular complexity index is 1290. The third kappa shape index (κ3) is 5.80. The molecule has 1 aromatic heterocycles. The van der Waals surface area contributed by atoms with E-state index in [2.05, 4.69) is 18.7 Å². The number of ketones is 1. The van der Waals surface area contributed by atoms with Crippen LogP contribution in [0.25, 0.3) is 22.3 Å². The van der Waals surface area contributed by atoms with Crippen LogP contribution in [0.5, 0.6) is 11.5 Å². The molecule has 4 rings (SSSR count). The van der Waals surface area contributed by atoms with Crippen LogP contribution in [-0.2, 0) is 0 Å². The van der Waals surface area contributed by atoms with Crippen molar-refractivity contribution in [2.45, 2.75) is 40.2 Å². The number of para-hydroxylation sites is 1. The lowest BCUT2D eigenvalue weighted by Gasteiger charge is -2.19. The Morgan fingerprint density at radius 2 is 1.64 bits per heavy atom. The SMILES string of the molecule is CCN(CC)CCCOc1ccc(C(=O)c2c(-c3ccccc3)oc3ccccc23)cc1OC(C)C. The summed E-state index contributed by atoms with van der Waals surface area (Å²) in [5, 5.41) is 0.796. The normalized spacial score (nSPS) is 11.4. The summed E-state index contributed by atoms with van der Waals surface area (Å²) in [5.74, 6) is 1.69. The van der Waals surface area contributed by atoms with Crippen LogP contribution >= 0.6 is 0 Å². The molecule has 0 aliphatic rings. The summed E-state index contributed by atoms with van der Waals surface area (Å²) in [6.45, 7) is 11.9. The van der Waals surface area contributed by atoms with Gasteiger partial charge in [0.25, 0.3) is 0 Å². The summed E-state index contributed by atoms with van der Waals surface area (Å²) in [7, 11) is 0. The minimum atomic E-state index is -0.111. The van der Waals surface area contributed by atoms with E-state index >= 15 is 0 Å². The first-order chi connectivity index (χ1) is 17.5. The van der Waals surface area contributed by atoms with Crippen LogP contribution in [0.3, 0.4) is 0 Å². The van der Waals surface area contributed by atoms with Crippen molar-refractivity contribution in [1.29, 1.82) is 0 Å². The molecule has 0 atom stereocenters. The molecule has 3 aromatic carbocycles. The van der Waals surface area contributed by atoms with Crippen LogP contribution in [-0.4, -0.2) is 43.0 Å². The second kappa shape index (κ2) is 11.9. The number of hydrogen-bond donors (Lipinski definition) is 0. The summed E-state index contributed by atoms with van der Waals surface area (Å²) >= 11 is 0. The van der Waals surface area contributed by atoms with Gasteiger partial charge < -0.3 is 18.8 Å².